The zero-order valence-electron chi connectivity index (χ0n) is 19.7. The van der Waals surface area contributed by atoms with Crippen LogP contribution in [0.4, 0.5) is 17.1 Å². The number of hydrogen-bond donors (Lipinski definition) is 2. The van der Waals surface area contributed by atoms with Gasteiger partial charge in [0.25, 0.3) is 5.56 Å². The fourth-order valence-corrected chi connectivity index (χ4v) is 3.89. The second kappa shape index (κ2) is 10.6. The lowest BCUT2D eigenvalue weighted by Crippen LogP contribution is -2.21. The van der Waals surface area contributed by atoms with Gasteiger partial charge in [-0.05, 0) is 67.9 Å². The molecule has 0 atom stereocenters. The van der Waals surface area contributed by atoms with Crippen LogP contribution in [0.5, 0.6) is 0 Å². The molecule has 8 nitrogen and oxygen atoms in total. The van der Waals surface area contributed by atoms with Crippen LogP contribution in [0.15, 0.2) is 93.9 Å². The van der Waals surface area contributed by atoms with E-state index in [1.165, 1.54) is 4.68 Å². The van der Waals surface area contributed by atoms with Crippen LogP contribution >= 0.6 is 0 Å². The highest BCUT2D eigenvalue weighted by atomic mass is 16.4. The topological polar surface area (TPSA) is 103 Å². The molecule has 0 saturated carbocycles. The molecule has 4 aromatic rings. The molecule has 0 aliphatic carbocycles. The zero-order valence-corrected chi connectivity index (χ0v) is 19.7. The first-order valence-corrected chi connectivity index (χ1v) is 11.5. The Hall–Kier alpha value is -4.46. The molecular weight excluding hydrogens is 442 g/mol. The molecule has 0 saturated heterocycles. The number of rotatable bonds is 9. The first-order chi connectivity index (χ1) is 17.0. The van der Waals surface area contributed by atoms with Gasteiger partial charge in [0.2, 0.25) is 0 Å². The van der Waals surface area contributed by atoms with E-state index in [-0.39, 0.29) is 23.2 Å². The van der Waals surface area contributed by atoms with Gasteiger partial charge in [-0.25, -0.2) is 9.48 Å². The van der Waals surface area contributed by atoms with Gasteiger partial charge in [0.15, 0.2) is 0 Å². The van der Waals surface area contributed by atoms with Crippen LogP contribution in [0.25, 0.3) is 5.69 Å². The minimum atomic E-state index is -1.18. The average molecular weight is 470 g/mol. The Morgan fingerprint density at radius 3 is 2.00 bits per heavy atom. The fourth-order valence-electron chi connectivity index (χ4n) is 3.89. The SMILES string of the molecule is CCN(CC)c1ccc(N=Nc2ccc(Cc3c(C(=O)O)[nH]n(-c4ccccc4)c3=O)cc2)cc1. The molecule has 4 rings (SSSR count). The number of nitrogens with zero attached hydrogens (tertiary/aromatic N) is 4. The number of aromatic carboxylic acids is 1. The van der Waals surface area contributed by atoms with Crippen LogP contribution < -0.4 is 10.5 Å². The first kappa shape index (κ1) is 23.7. The summed E-state index contributed by atoms with van der Waals surface area (Å²) in [5.41, 5.74) is 3.64. The van der Waals surface area contributed by atoms with E-state index in [0.717, 1.165) is 30.0 Å². The summed E-state index contributed by atoms with van der Waals surface area (Å²) < 4.78 is 1.26. The van der Waals surface area contributed by atoms with E-state index in [1.54, 1.807) is 36.4 Å². The fraction of sp³-hybridized carbons (Fsp3) is 0.185. The third kappa shape index (κ3) is 5.38. The number of azo groups is 1. The van der Waals surface area contributed by atoms with Crippen molar-refractivity contribution in [1.82, 2.24) is 9.78 Å². The van der Waals surface area contributed by atoms with Crippen molar-refractivity contribution in [3.63, 3.8) is 0 Å². The van der Waals surface area contributed by atoms with E-state index in [1.807, 2.05) is 42.5 Å². The van der Waals surface area contributed by atoms with Gasteiger partial charge in [0, 0.05) is 25.2 Å². The van der Waals surface area contributed by atoms with Crippen LogP contribution in [-0.4, -0.2) is 33.9 Å². The van der Waals surface area contributed by atoms with E-state index in [4.69, 9.17) is 0 Å². The number of carboxylic acids is 1. The average Bonchev–Trinajstić information content (AvgIpc) is 3.22. The number of para-hydroxylation sites is 1. The predicted molar refractivity (Wildman–Crippen MR) is 137 cm³/mol. The summed E-state index contributed by atoms with van der Waals surface area (Å²) in [5.74, 6) is -1.18. The summed E-state index contributed by atoms with van der Waals surface area (Å²) in [6.45, 7) is 6.14. The highest BCUT2D eigenvalue weighted by Crippen LogP contribution is 2.23. The van der Waals surface area contributed by atoms with Gasteiger partial charge in [0.05, 0.1) is 22.6 Å². The third-order valence-corrected chi connectivity index (χ3v) is 5.79. The lowest BCUT2D eigenvalue weighted by atomic mass is 10.1. The zero-order chi connectivity index (χ0) is 24.8. The van der Waals surface area contributed by atoms with Gasteiger partial charge in [-0.1, -0.05) is 30.3 Å². The Balaban J connectivity index is 1.50. The molecule has 3 aromatic carbocycles. The maximum atomic E-state index is 13.0. The number of carbonyl (C=O) groups is 1. The molecule has 2 N–H and O–H groups in total. The summed E-state index contributed by atoms with van der Waals surface area (Å²) >= 11 is 0. The summed E-state index contributed by atoms with van der Waals surface area (Å²) in [6.07, 6.45) is 0.182. The molecule has 8 heteroatoms. The standard InChI is InChI=1S/C27H27N5O3/c1-3-31(4-2)22-16-14-21(15-17-22)29-28-20-12-10-19(11-13-20)18-24-25(27(34)35)30-32(26(24)33)23-8-6-5-7-9-23/h5-17,30H,3-4,18H2,1-2H3,(H,34,35). The van der Waals surface area contributed by atoms with E-state index >= 15 is 0 Å². The molecule has 0 unspecified atom stereocenters. The molecule has 0 radical (unpaired) electrons. The minimum absolute atomic E-state index is 0.115. The van der Waals surface area contributed by atoms with Gasteiger partial charge in [-0.2, -0.15) is 10.2 Å². The lowest BCUT2D eigenvalue weighted by Gasteiger charge is -2.20. The number of carboxylic acid groups (broad SMARTS) is 1. The number of H-pyrrole nitrogens is 1. The van der Waals surface area contributed by atoms with Crippen LogP contribution in [-0.2, 0) is 6.42 Å². The maximum Gasteiger partial charge on any atom is 0.354 e. The van der Waals surface area contributed by atoms with E-state index in [2.05, 4.69) is 34.1 Å². The monoisotopic (exact) mass is 469 g/mol. The van der Waals surface area contributed by atoms with Crippen LogP contribution in [0.2, 0.25) is 0 Å². The number of anilines is 1. The molecule has 35 heavy (non-hydrogen) atoms. The summed E-state index contributed by atoms with van der Waals surface area (Å²) in [7, 11) is 0. The normalized spacial score (nSPS) is 11.1. The van der Waals surface area contributed by atoms with Crippen molar-refractivity contribution in [1.29, 1.82) is 0 Å². The van der Waals surface area contributed by atoms with Crippen molar-refractivity contribution < 1.29 is 9.90 Å². The number of nitrogens with one attached hydrogen (secondary N) is 1. The third-order valence-electron chi connectivity index (χ3n) is 5.79. The van der Waals surface area contributed by atoms with E-state index in [9.17, 15) is 14.7 Å². The van der Waals surface area contributed by atoms with Gasteiger partial charge in [0.1, 0.15) is 5.69 Å². The van der Waals surface area contributed by atoms with Crippen molar-refractivity contribution in [2.45, 2.75) is 20.3 Å². The largest absolute Gasteiger partial charge is 0.477 e. The molecular formula is C27H27N5O3. The van der Waals surface area contributed by atoms with Crippen LogP contribution in [0.1, 0.15) is 35.5 Å². The second-order valence-corrected chi connectivity index (χ2v) is 7.98. The first-order valence-electron chi connectivity index (χ1n) is 11.5. The highest BCUT2D eigenvalue weighted by molar-refractivity contribution is 5.87. The number of aromatic nitrogens is 2. The minimum Gasteiger partial charge on any atom is -0.477 e. The number of aromatic amines is 1. The Kier molecular flexibility index (Phi) is 7.21. The summed E-state index contributed by atoms with van der Waals surface area (Å²) in [4.78, 5) is 27.0. The molecule has 0 bridgehead atoms. The number of benzene rings is 3. The molecule has 1 heterocycles. The summed E-state index contributed by atoms with van der Waals surface area (Å²) in [5, 5.41) is 20.9. The smallest absolute Gasteiger partial charge is 0.354 e. The second-order valence-electron chi connectivity index (χ2n) is 7.98. The number of hydrogen-bond acceptors (Lipinski definition) is 5. The van der Waals surface area contributed by atoms with Crippen molar-refractivity contribution in [2.75, 3.05) is 18.0 Å². The molecule has 178 valence electrons. The van der Waals surface area contributed by atoms with Crippen LogP contribution in [0, 0.1) is 0 Å². The Labute approximate surface area is 203 Å². The Morgan fingerprint density at radius 1 is 0.886 bits per heavy atom. The predicted octanol–water partition coefficient (Wildman–Crippen LogP) is 5.72. The van der Waals surface area contributed by atoms with E-state index in [0.29, 0.717) is 11.4 Å². The Bertz CT molecular complexity index is 1370. The summed E-state index contributed by atoms with van der Waals surface area (Å²) in [6, 6.07) is 24.1. The Morgan fingerprint density at radius 2 is 1.46 bits per heavy atom. The highest BCUT2D eigenvalue weighted by Gasteiger charge is 2.20. The van der Waals surface area contributed by atoms with Crippen molar-refractivity contribution in [3.8, 4) is 5.69 Å². The molecule has 0 fully saturated rings. The molecule has 1 aromatic heterocycles. The van der Waals surface area contributed by atoms with Crippen molar-refractivity contribution >= 4 is 23.0 Å². The van der Waals surface area contributed by atoms with Gasteiger partial charge in [-0.3, -0.25) is 9.89 Å². The van der Waals surface area contributed by atoms with Crippen LogP contribution in [0.3, 0.4) is 0 Å². The quantitative estimate of drug-likeness (QED) is 0.306. The van der Waals surface area contributed by atoms with Crippen molar-refractivity contribution in [2.24, 2.45) is 10.2 Å². The molecule has 0 spiro atoms. The molecule has 0 amide bonds. The maximum absolute atomic E-state index is 13.0. The van der Waals surface area contributed by atoms with Gasteiger partial charge < -0.3 is 10.0 Å². The van der Waals surface area contributed by atoms with Gasteiger partial charge >= 0.3 is 5.97 Å². The molecule has 0 aliphatic heterocycles. The van der Waals surface area contributed by atoms with E-state index < -0.39 is 5.97 Å². The van der Waals surface area contributed by atoms with Crippen molar-refractivity contribution in [3.05, 3.63) is 106 Å². The molecule has 0 aliphatic rings. The van der Waals surface area contributed by atoms with Gasteiger partial charge in [-0.15, -0.1) is 0 Å². The lowest BCUT2D eigenvalue weighted by molar-refractivity contribution is 0.0689.